The first-order valence-corrected chi connectivity index (χ1v) is 6.98. The van der Waals surface area contributed by atoms with Gasteiger partial charge in [0, 0.05) is 12.0 Å². The number of carboxylic acids is 1. The van der Waals surface area contributed by atoms with Gasteiger partial charge in [-0.2, -0.15) is 0 Å². The molecule has 1 aromatic rings. The second kappa shape index (κ2) is 7.29. The topological polar surface area (TPSA) is 49.3 Å². The third-order valence-corrected chi connectivity index (χ3v) is 3.49. The number of rotatable bonds is 8. The van der Waals surface area contributed by atoms with E-state index in [1.807, 2.05) is 18.2 Å². The van der Waals surface area contributed by atoms with Gasteiger partial charge in [-0.15, -0.1) is 0 Å². The van der Waals surface area contributed by atoms with Gasteiger partial charge < -0.3 is 10.4 Å². The molecule has 0 bridgehead atoms. The van der Waals surface area contributed by atoms with Gasteiger partial charge in [-0.05, 0) is 38.3 Å². The van der Waals surface area contributed by atoms with E-state index in [1.54, 1.807) is 0 Å². The first kappa shape index (κ1) is 15.7. The van der Waals surface area contributed by atoms with E-state index in [4.69, 9.17) is 5.11 Å². The van der Waals surface area contributed by atoms with Gasteiger partial charge in [0.05, 0.1) is 0 Å². The highest BCUT2D eigenvalue weighted by Crippen LogP contribution is 2.21. The van der Waals surface area contributed by atoms with E-state index in [-0.39, 0.29) is 17.9 Å². The highest BCUT2D eigenvalue weighted by molar-refractivity contribution is 5.67. The summed E-state index contributed by atoms with van der Waals surface area (Å²) < 4.78 is 0. The van der Waals surface area contributed by atoms with E-state index in [9.17, 15) is 4.79 Å². The second-order valence-electron chi connectivity index (χ2n) is 5.62. The Morgan fingerprint density at radius 1 is 1.32 bits per heavy atom. The third kappa shape index (κ3) is 5.43. The molecule has 106 valence electrons. The summed E-state index contributed by atoms with van der Waals surface area (Å²) in [6, 6.07) is 10.3. The van der Waals surface area contributed by atoms with E-state index in [0.717, 1.165) is 19.4 Å². The van der Waals surface area contributed by atoms with Crippen LogP contribution < -0.4 is 5.32 Å². The van der Waals surface area contributed by atoms with Crippen molar-refractivity contribution in [3.63, 3.8) is 0 Å². The molecule has 0 spiro atoms. The van der Waals surface area contributed by atoms with Gasteiger partial charge in [0.25, 0.3) is 0 Å². The second-order valence-corrected chi connectivity index (χ2v) is 5.62. The molecule has 0 aliphatic rings. The van der Waals surface area contributed by atoms with Crippen molar-refractivity contribution in [3.05, 3.63) is 35.9 Å². The Labute approximate surface area is 116 Å². The summed E-state index contributed by atoms with van der Waals surface area (Å²) in [5.74, 6) is -0.511. The average molecular weight is 263 g/mol. The van der Waals surface area contributed by atoms with Crippen LogP contribution in [-0.4, -0.2) is 17.6 Å². The van der Waals surface area contributed by atoms with Crippen molar-refractivity contribution >= 4 is 5.97 Å². The van der Waals surface area contributed by atoms with Crippen molar-refractivity contribution in [2.24, 2.45) is 5.92 Å². The summed E-state index contributed by atoms with van der Waals surface area (Å²) in [7, 11) is 0. The van der Waals surface area contributed by atoms with Crippen LogP contribution >= 0.6 is 0 Å². The first-order chi connectivity index (χ1) is 8.95. The van der Waals surface area contributed by atoms with Gasteiger partial charge >= 0.3 is 5.97 Å². The molecule has 1 unspecified atom stereocenters. The van der Waals surface area contributed by atoms with Crippen molar-refractivity contribution in [2.45, 2.75) is 45.6 Å². The number of carbonyl (C=O) groups is 1. The van der Waals surface area contributed by atoms with Gasteiger partial charge in [0.1, 0.15) is 0 Å². The van der Waals surface area contributed by atoms with Crippen molar-refractivity contribution in [1.82, 2.24) is 5.32 Å². The maximum atomic E-state index is 10.9. The summed E-state index contributed by atoms with van der Waals surface area (Å²) >= 11 is 0. The Hall–Kier alpha value is -1.35. The lowest BCUT2D eigenvalue weighted by atomic mass is 9.92. The van der Waals surface area contributed by atoms with Crippen LogP contribution in [-0.2, 0) is 10.3 Å². The summed E-state index contributed by atoms with van der Waals surface area (Å²) in [5.41, 5.74) is 1.09. The van der Waals surface area contributed by atoms with E-state index < -0.39 is 5.97 Å². The number of hydrogen-bond acceptors (Lipinski definition) is 2. The predicted molar refractivity (Wildman–Crippen MR) is 78.1 cm³/mol. The van der Waals surface area contributed by atoms with Gasteiger partial charge in [0.2, 0.25) is 0 Å². The van der Waals surface area contributed by atoms with Crippen molar-refractivity contribution in [1.29, 1.82) is 0 Å². The molecule has 0 aliphatic carbocycles. The molecule has 19 heavy (non-hydrogen) atoms. The smallest absolute Gasteiger partial charge is 0.303 e. The Kier molecular flexibility index (Phi) is 6.03. The van der Waals surface area contributed by atoms with Crippen LogP contribution in [0.2, 0.25) is 0 Å². The Balaban J connectivity index is 2.59. The highest BCUT2D eigenvalue weighted by Gasteiger charge is 2.21. The van der Waals surface area contributed by atoms with Crippen LogP contribution in [0.4, 0.5) is 0 Å². The molecule has 0 heterocycles. The quantitative estimate of drug-likeness (QED) is 0.755. The molecule has 3 nitrogen and oxygen atoms in total. The number of hydrogen-bond donors (Lipinski definition) is 2. The van der Waals surface area contributed by atoms with E-state index >= 15 is 0 Å². The molecule has 0 amide bonds. The summed E-state index contributed by atoms with van der Waals surface area (Å²) in [6.45, 7) is 7.09. The zero-order valence-electron chi connectivity index (χ0n) is 12.1. The predicted octanol–water partition coefficient (Wildman–Crippen LogP) is 3.40. The number of benzene rings is 1. The molecular formula is C16H25NO2. The molecule has 0 aromatic heterocycles. The molecule has 1 rings (SSSR count). The average Bonchev–Trinajstić information content (AvgIpc) is 2.37. The van der Waals surface area contributed by atoms with Crippen molar-refractivity contribution in [2.75, 3.05) is 6.54 Å². The molecule has 0 radical (unpaired) electrons. The lowest BCUT2D eigenvalue weighted by molar-refractivity contribution is -0.138. The molecule has 3 heteroatoms. The van der Waals surface area contributed by atoms with Crippen molar-refractivity contribution < 1.29 is 9.90 Å². The molecule has 1 aromatic carbocycles. The van der Waals surface area contributed by atoms with E-state index in [0.29, 0.717) is 0 Å². The van der Waals surface area contributed by atoms with Gasteiger partial charge in [-0.25, -0.2) is 0 Å². The minimum Gasteiger partial charge on any atom is -0.481 e. The first-order valence-electron chi connectivity index (χ1n) is 6.98. The monoisotopic (exact) mass is 263 g/mol. The van der Waals surface area contributed by atoms with Crippen LogP contribution in [0.5, 0.6) is 0 Å². The molecular weight excluding hydrogens is 238 g/mol. The largest absolute Gasteiger partial charge is 0.481 e. The maximum Gasteiger partial charge on any atom is 0.303 e. The fourth-order valence-electron chi connectivity index (χ4n) is 2.29. The Morgan fingerprint density at radius 3 is 2.47 bits per heavy atom. The molecule has 0 aliphatic heterocycles. The lowest BCUT2D eigenvalue weighted by Gasteiger charge is -2.29. The molecule has 1 atom stereocenters. The zero-order valence-corrected chi connectivity index (χ0v) is 12.1. The molecule has 0 saturated heterocycles. The van der Waals surface area contributed by atoms with Crippen LogP contribution in [0.1, 0.15) is 45.6 Å². The normalized spacial score (nSPS) is 13.2. The molecule has 0 saturated carbocycles. The minimum atomic E-state index is -0.710. The molecule has 0 fully saturated rings. The molecule has 2 N–H and O–H groups in total. The van der Waals surface area contributed by atoms with Crippen LogP contribution in [0, 0.1) is 5.92 Å². The Morgan fingerprint density at radius 2 is 1.95 bits per heavy atom. The number of nitrogens with one attached hydrogen (secondary N) is 1. The minimum absolute atomic E-state index is 0.133. The van der Waals surface area contributed by atoms with Gasteiger partial charge in [-0.1, -0.05) is 43.7 Å². The number of aliphatic carboxylic acids is 1. The van der Waals surface area contributed by atoms with Crippen LogP contribution in [0.3, 0.4) is 0 Å². The lowest BCUT2D eigenvalue weighted by Crippen LogP contribution is -2.40. The van der Waals surface area contributed by atoms with Crippen LogP contribution in [0.25, 0.3) is 0 Å². The Bertz CT molecular complexity index is 387. The van der Waals surface area contributed by atoms with Gasteiger partial charge in [0.15, 0.2) is 0 Å². The summed E-state index contributed by atoms with van der Waals surface area (Å²) in [5, 5.41) is 12.4. The third-order valence-electron chi connectivity index (χ3n) is 3.49. The standard InChI is InChI=1S/C16H25NO2/c1-4-8-13(11-15(18)19)12-17-16(2,3)14-9-6-5-7-10-14/h5-7,9-10,13,17H,4,8,11-12H2,1-3H3,(H,18,19). The SMILES string of the molecule is CCCC(CNC(C)(C)c1ccccc1)CC(=O)O. The maximum absolute atomic E-state index is 10.9. The van der Waals surface area contributed by atoms with E-state index in [2.05, 4.69) is 38.2 Å². The summed E-state index contributed by atoms with van der Waals surface area (Å²) in [4.78, 5) is 10.9. The van der Waals surface area contributed by atoms with Crippen molar-refractivity contribution in [3.8, 4) is 0 Å². The van der Waals surface area contributed by atoms with Crippen LogP contribution in [0.15, 0.2) is 30.3 Å². The fraction of sp³-hybridized carbons (Fsp3) is 0.562. The fourth-order valence-corrected chi connectivity index (χ4v) is 2.29. The highest BCUT2D eigenvalue weighted by atomic mass is 16.4. The summed E-state index contributed by atoms with van der Waals surface area (Å²) in [6.07, 6.45) is 2.21. The van der Waals surface area contributed by atoms with Gasteiger partial charge in [-0.3, -0.25) is 4.79 Å². The van der Waals surface area contributed by atoms with E-state index in [1.165, 1.54) is 5.56 Å². The number of carboxylic acid groups (broad SMARTS) is 1. The zero-order chi connectivity index (χ0) is 14.3.